The van der Waals surface area contributed by atoms with Crippen molar-refractivity contribution in [2.75, 3.05) is 6.54 Å². The number of hydrogen-bond acceptors (Lipinski definition) is 2. The van der Waals surface area contributed by atoms with E-state index in [1.54, 1.807) is 6.07 Å². The molecule has 2 heterocycles. The second-order valence-corrected chi connectivity index (χ2v) is 5.56. The highest BCUT2D eigenvalue weighted by molar-refractivity contribution is 5.77. The van der Waals surface area contributed by atoms with Gasteiger partial charge in [0.2, 0.25) is 0 Å². The SMILES string of the molecule is CCCn1c(C2(C)CCCN2)nc2c(F)cccc21. The summed E-state index contributed by atoms with van der Waals surface area (Å²) < 4.78 is 16.1. The first kappa shape index (κ1) is 12.6. The monoisotopic (exact) mass is 261 g/mol. The largest absolute Gasteiger partial charge is 0.326 e. The molecular weight excluding hydrogens is 241 g/mol. The molecule has 1 unspecified atom stereocenters. The highest BCUT2D eigenvalue weighted by Crippen LogP contribution is 2.32. The summed E-state index contributed by atoms with van der Waals surface area (Å²) in [7, 11) is 0. The van der Waals surface area contributed by atoms with Crippen LogP contribution in [0.3, 0.4) is 0 Å². The Bertz CT molecular complexity index is 597. The number of benzene rings is 1. The third-order valence-electron chi connectivity index (χ3n) is 4.04. The van der Waals surface area contributed by atoms with Crippen LogP contribution in [0.2, 0.25) is 0 Å². The zero-order chi connectivity index (χ0) is 13.5. The zero-order valence-corrected chi connectivity index (χ0v) is 11.5. The average molecular weight is 261 g/mol. The van der Waals surface area contributed by atoms with Crippen molar-refractivity contribution in [3.8, 4) is 0 Å². The number of aryl methyl sites for hydroxylation is 1. The fourth-order valence-electron chi connectivity index (χ4n) is 3.07. The van der Waals surface area contributed by atoms with Crippen molar-refractivity contribution in [3.05, 3.63) is 29.8 Å². The Morgan fingerprint density at radius 1 is 1.47 bits per heavy atom. The number of rotatable bonds is 3. The van der Waals surface area contributed by atoms with Crippen LogP contribution in [-0.2, 0) is 12.1 Å². The lowest BCUT2D eigenvalue weighted by molar-refractivity contribution is 0.387. The number of fused-ring (bicyclic) bond motifs is 1. The Hall–Kier alpha value is -1.42. The lowest BCUT2D eigenvalue weighted by atomic mass is 9.99. The molecule has 102 valence electrons. The molecule has 0 radical (unpaired) electrons. The predicted molar refractivity (Wildman–Crippen MR) is 74.6 cm³/mol. The summed E-state index contributed by atoms with van der Waals surface area (Å²) in [6.45, 7) is 6.20. The van der Waals surface area contributed by atoms with Gasteiger partial charge in [-0.2, -0.15) is 0 Å². The summed E-state index contributed by atoms with van der Waals surface area (Å²) in [5.74, 6) is 0.752. The summed E-state index contributed by atoms with van der Waals surface area (Å²) in [5.41, 5.74) is 1.29. The van der Waals surface area contributed by atoms with Gasteiger partial charge in [0.25, 0.3) is 0 Å². The molecule has 1 aliphatic heterocycles. The minimum atomic E-state index is -0.227. The van der Waals surface area contributed by atoms with Crippen molar-refractivity contribution in [1.29, 1.82) is 0 Å². The maximum Gasteiger partial charge on any atom is 0.151 e. The van der Waals surface area contributed by atoms with E-state index in [4.69, 9.17) is 0 Å². The van der Waals surface area contributed by atoms with Crippen LogP contribution >= 0.6 is 0 Å². The molecule has 1 aliphatic rings. The van der Waals surface area contributed by atoms with Gasteiger partial charge in [0.15, 0.2) is 5.82 Å². The molecule has 1 fully saturated rings. The van der Waals surface area contributed by atoms with Gasteiger partial charge in [-0.05, 0) is 44.9 Å². The Balaban J connectivity index is 2.22. The molecule has 0 saturated carbocycles. The molecule has 0 bridgehead atoms. The van der Waals surface area contributed by atoms with Gasteiger partial charge in [-0.25, -0.2) is 9.37 Å². The normalized spacial score (nSPS) is 23.3. The fraction of sp³-hybridized carbons (Fsp3) is 0.533. The van der Waals surface area contributed by atoms with Crippen molar-refractivity contribution >= 4 is 11.0 Å². The van der Waals surface area contributed by atoms with Crippen molar-refractivity contribution in [2.24, 2.45) is 0 Å². The molecule has 0 amide bonds. The molecule has 0 aliphatic carbocycles. The van der Waals surface area contributed by atoms with Crippen molar-refractivity contribution in [2.45, 2.75) is 45.2 Å². The number of para-hydroxylation sites is 1. The quantitative estimate of drug-likeness (QED) is 0.919. The van der Waals surface area contributed by atoms with Gasteiger partial charge < -0.3 is 9.88 Å². The number of nitrogens with one attached hydrogen (secondary N) is 1. The minimum absolute atomic E-state index is 0.124. The Labute approximate surface area is 112 Å². The van der Waals surface area contributed by atoms with E-state index in [0.29, 0.717) is 5.52 Å². The third-order valence-corrected chi connectivity index (χ3v) is 4.04. The van der Waals surface area contributed by atoms with Crippen LogP contribution < -0.4 is 5.32 Å². The van der Waals surface area contributed by atoms with Crippen molar-refractivity contribution in [1.82, 2.24) is 14.9 Å². The van der Waals surface area contributed by atoms with Gasteiger partial charge in [-0.3, -0.25) is 0 Å². The second-order valence-electron chi connectivity index (χ2n) is 5.56. The molecule has 4 heteroatoms. The van der Waals surface area contributed by atoms with Crippen LogP contribution in [-0.4, -0.2) is 16.1 Å². The smallest absolute Gasteiger partial charge is 0.151 e. The van der Waals surface area contributed by atoms with Crippen molar-refractivity contribution < 1.29 is 4.39 Å². The average Bonchev–Trinajstić information content (AvgIpc) is 2.97. The molecule has 3 rings (SSSR count). The number of nitrogens with zero attached hydrogens (tertiary/aromatic N) is 2. The van der Waals surface area contributed by atoms with E-state index < -0.39 is 0 Å². The van der Waals surface area contributed by atoms with E-state index in [9.17, 15) is 4.39 Å². The van der Waals surface area contributed by atoms with Gasteiger partial charge in [0, 0.05) is 6.54 Å². The Morgan fingerprint density at radius 2 is 2.32 bits per heavy atom. The van der Waals surface area contributed by atoms with E-state index >= 15 is 0 Å². The minimum Gasteiger partial charge on any atom is -0.326 e. The summed E-state index contributed by atoms with van der Waals surface area (Å²) in [4.78, 5) is 4.61. The molecule has 1 aromatic heterocycles. The predicted octanol–water partition coefficient (Wildman–Crippen LogP) is 3.18. The van der Waals surface area contributed by atoms with E-state index in [0.717, 1.165) is 43.7 Å². The van der Waals surface area contributed by atoms with Gasteiger partial charge in [0.1, 0.15) is 11.3 Å². The molecule has 1 atom stereocenters. The van der Waals surface area contributed by atoms with E-state index in [-0.39, 0.29) is 11.4 Å². The number of imidazole rings is 1. The Morgan fingerprint density at radius 3 is 3.00 bits per heavy atom. The van der Waals surface area contributed by atoms with Crippen molar-refractivity contribution in [3.63, 3.8) is 0 Å². The number of halogens is 1. The lowest BCUT2D eigenvalue weighted by Crippen LogP contribution is -2.36. The summed E-state index contributed by atoms with van der Waals surface area (Å²) in [5, 5.41) is 3.52. The molecule has 1 aromatic carbocycles. The topological polar surface area (TPSA) is 29.9 Å². The second kappa shape index (κ2) is 4.60. The van der Waals surface area contributed by atoms with Gasteiger partial charge in [0.05, 0.1) is 11.1 Å². The number of aromatic nitrogens is 2. The standard InChI is InChI=1S/C15H20FN3/c1-3-10-19-12-7-4-6-11(16)13(12)18-14(19)15(2)8-5-9-17-15/h4,6-7,17H,3,5,8-10H2,1-2H3. The first-order valence-corrected chi connectivity index (χ1v) is 7.06. The fourth-order valence-corrected chi connectivity index (χ4v) is 3.07. The van der Waals surface area contributed by atoms with E-state index in [1.165, 1.54) is 6.07 Å². The van der Waals surface area contributed by atoms with E-state index in [1.807, 2.05) is 6.07 Å². The highest BCUT2D eigenvalue weighted by Gasteiger charge is 2.35. The summed E-state index contributed by atoms with van der Waals surface area (Å²) >= 11 is 0. The summed E-state index contributed by atoms with van der Waals surface area (Å²) in [6.07, 6.45) is 3.22. The first-order valence-electron chi connectivity index (χ1n) is 7.06. The first-order chi connectivity index (χ1) is 9.15. The van der Waals surface area contributed by atoms with E-state index in [2.05, 4.69) is 28.7 Å². The zero-order valence-electron chi connectivity index (χ0n) is 11.5. The van der Waals surface area contributed by atoms with Crippen LogP contribution in [0.15, 0.2) is 18.2 Å². The molecule has 2 aromatic rings. The number of hydrogen-bond donors (Lipinski definition) is 1. The molecule has 3 nitrogen and oxygen atoms in total. The van der Waals surface area contributed by atoms with Crippen LogP contribution in [0.25, 0.3) is 11.0 Å². The van der Waals surface area contributed by atoms with Crippen LogP contribution in [0.1, 0.15) is 38.9 Å². The van der Waals surface area contributed by atoms with Crippen LogP contribution in [0, 0.1) is 5.82 Å². The molecule has 1 saturated heterocycles. The van der Waals surface area contributed by atoms with Crippen LogP contribution in [0.5, 0.6) is 0 Å². The summed E-state index contributed by atoms with van der Waals surface area (Å²) in [6, 6.07) is 5.21. The molecule has 19 heavy (non-hydrogen) atoms. The lowest BCUT2D eigenvalue weighted by Gasteiger charge is -2.25. The maximum absolute atomic E-state index is 13.9. The van der Waals surface area contributed by atoms with Gasteiger partial charge >= 0.3 is 0 Å². The highest BCUT2D eigenvalue weighted by atomic mass is 19.1. The van der Waals surface area contributed by atoms with Crippen LogP contribution in [0.4, 0.5) is 4.39 Å². The Kier molecular flexibility index (Phi) is 3.05. The maximum atomic E-state index is 13.9. The molecule has 0 spiro atoms. The molecule has 1 N–H and O–H groups in total. The third kappa shape index (κ3) is 1.94. The molecular formula is C15H20FN3. The van der Waals surface area contributed by atoms with Gasteiger partial charge in [-0.15, -0.1) is 0 Å². The van der Waals surface area contributed by atoms with Gasteiger partial charge in [-0.1, -0.05) is 13.0 Å².